The highest BCUT2D eigenvalue weighted by molar-refractivity contribution is 8.00. The van der Waals surface area contributed by atoms with E-state index in [1.165, 1.54) is 7.11 Å². The molecule has 0 bridgehead atoms. The number of anilines is 2. The molecular formula is C25H20N5O3S+. The van der Waals surface area contributed by atoms with E-state index in [1.807, 2.05) is 31.2 Å². The average Bonchev–Trinajstić information content (AvgIpc) is 3.11. The molecule has 0 spiro atoms. The normalized spacial score (nSPS) is 15.2. The number of nitrogens with zero attached hydrogens (tertiary/aromatic N) is 3. The van der Waals surface area contributed by atoms with Gasteiger partial charge in [0.2, 0.25) is 11.8 Å². The van der Waals surface area contributed by atoms with Crippen molar-refractivity contribution < 1.29 is 19.3 Å². The molecule has 0 unspecified atom stereocenters. The maximum atomic E-state index is 13.1. The van der Waals surface area contributed by atoms with Gasteiger partial charge >= 0.3 is 0 Å². The minimum atomic E-state index is -0.754. The largest absolute Gasteiger partial charge is 0.497 e. The zero-order chi connectivity index (χ0) is 24.4. The van der Waals surface area contributed by atoms with Crippen LogP contribution in [0.2, 0.25) is 0 Å². The van der Waals surface area contributed by atoms with Crippen LogP contribution < -0.4 is 20.4 Å². The van der Waals surface area contributed by atoms with Crippen molar-refractivity contribution in [3.63, 3.8) is 0 Å². The van der Waals surface area contributed by atoms with Crippen LogP contribution in [0.3, 0.4) is 0 Å². The van der Waals surface area contributed by atoms with E-state index in [2.05, 4.69) is 17.1 Å². The molecule has 3 N–H and O–H groups in total. The summed E-state index contributed by atoms with van der Waals surface area (Å²) in [7, 11) is 1.53. The Hall–Kier alpha value is -4.34. The van der Waals surface area contributed by atoms with Crippen LogP contribution in [0.15, 0.2) is 53.6 Å². The van der Waals surface area contributed by atoms with Gasteiger partial charge < -0.3 is 4.74 Å². The minimum Gasteiger partial charge on any atom is -0.497 e. The summed E-state index contributed by atoms with van der Waals surface area (Å²) in [6.45, 7) is 1.94. The van der Waals surface area contributed by atoms with Crippen molar-refractivity contribution in [3.8, 4) is 29.0 Å². The molecule has 1 fully saturated rings. The number of carbonyl (C=O) groups is 2. The number of pyridine rings is 1. The molecule has 0 aliphatic carbocycles. The fraction of sp³-hybridized carbons (Fsp3) is 0.160. The molecule has 8 nitrogen and oxygen atoms in total. The number of nitrogens with one attached hydrogen (secondary N) is 1. The lowest BCUT2D eigenvalue weighted by atomic mass is 9.96. The van der Waals surface area contributed by atoms with E-state index in [0.717, 1.165) is 22.2 Å². The number of carbonyl (C=O) groups excluding carboxylic acids is 2. The van der Waals surface area contributed by atoms with Crippen LogP contribution in [0.25, 0.3) is 11.1 Å². The number of nitrogen functional groups attached to an aromatic ring is 1. The van der Waals surface area contributed by atoms with Gasteiger partial charge in [0.15, 0.2) is 5.03 Å². The number of aromatic amines is 1. The number of aryl methyl sites for hydroxylation is 1. The fourth-order valence-electron chi connectivity index (χ4n) is 3.78. The van der Waals surface area contributed by atoms with Gasteiger partial charge in [-0.05, 0) is 36.8 Å². The number of hydrogen-bond acceptors (Lipinski definition) is 7. The predicted molar refractivity (Wildman–Crippen MR) is 127 cm³/mol. The number of H-pyrrole nitrogens is 1. The number of ether oxygens (including phenoxy) is 1. The Labute approximate surface area is 200 Å². The molecule has 3 aromatic rings. The van der Waals surface area contributed by atoms with Gasteiger partial charge in [0.1, 0.15) is 34.3 Å². The highest BCUT2D eigenvalue weighted by Crippen LogP contribution is 2.38. The molecule has 1 aromatic heterocycles. The predicted octanol–water partition coefficient (Wildman–Crippen LogP) is 3.23. The Morgan fingerprint density at radius 2 is 1.71 bits per heavy atom. The number of thioether (sulfide) groups is 1. The highest BCUT2D eigenvalue weighted by atomic mass is 32.2. The van der Waals surface area contributed by atoms with Crippen molar-refractivity contribution in [1.82, 2.24) is 0 Å². The number of nitriles is 2. The third-order valence-electron chi connectivity index (χ3n) is 5.50. The van der Waals surface area contributed by atoms with E-state index in [4.69, 9.17) is 10.5 Å². The molecule has 4 rings (SSSR count). The van der Waals surface area contributed by atoms with E-state index in [9.17, 15) is 20.1 Å². The summed E-state index contributed by atoms with van der Waals surface area (Å²) in [6.07, 6.45) is -0.0337. The molecule has 34 heavy (non-hydrogen) atoms. The van der Waals surface area contributed by atoms with E-state index < -0.39 is 11.2 Å². The second-order valence-electron chi connectivity index (χ2n) is 7.66. The third-order valence-corrected chi connectivity index (χ3v) is 6.70. The van der Waals surface area contributed by atoms with Gasteiger partial charge in [0.05, 0.1) is 12.8 Å². The summed E-state index contributed by atoms with van der Waals surface area (Å²) < 4.78 is 5.13. The zero-order valence-electron chi connectivity index (χ0n) is 18.5. The van der Waals surface area contributed by atoms with Crippen LogP contribution in [0.1, 0.15) is 23.1 Å². The molecule has 9 heteroatoms. The van der Waals surface area contributed by atoms with Crippen LogP contribution >= 0.6 is 11.8 Å². The molecule has 1 aliphatic rings. The third kappa shape index (κ3) is 4.05. The molecule has 2 heterocycles. The van der Waals surface area contributed by atoms with Crippen LogP contribution in [0.5, 0.6) is 5.75 Å². The number of rotatable bonds is 5. The molecule has 2 aromatic carbocycles. The van der Waals surface area contributed by atoms with Gasteiger partial charge in [0.25, 0.3) is 5.82 Å². The number of imide groups is 1. The Kier molecular flexibility index (Phi) is 6.22. The van der Waals surface area contributed by atoms with Crippen molar-refractivity contribution >= 4 is 35.1 Å². The molecule has 0 saturated carbocycles. The first-order chi connectivity index (χ1) is 16.4. The number of amides is 2. The summed E-state index contributed by atoms with van der Waals surface area (Å²) >= 11 is 1.06. The van der Waals surface area contributed by atoms with E-state index in [0.29, 0.717) is 27.6 Å². The topological polar surface area (TPSA) is 134 Å². The van der Waals surface area contributed by atoms with Crippen molar-refractivity contribution in [2.24, 2.45) is 0 Å². The molecule has 1 atom stereocenters. The molecule has 1 saturated heterocycles. The first kappa shape index (κ1) is 22.8. The van der Waals surface area contributed by atoms with Crippen molar-refractivity contribution in [2.45, 2.75) is 23.6 Å². The van der Waals surface area contributed by atoms with Gasteiger partial charge in [-0.25, -0.2) is 9.88 Å². The maximum absolute atomic E-state index is 13.1. The molecule has 0 radical (unpaired) electrons. The first-order valence-corrected chi connectivity index (χ1v) is 11.2. The van der Waals surface area contributed by atoms with Gasteiger partial charge in [-0.15, -0.1) is 0 Å². The first-order valence-electron chi connectivity index (χ1n) is 10.3. The van der Waals surface area contributed by atoms with Crippen LogP contribution in [-0.4, -0.2) is 24.2 Å². The van der Waals surface area contributed by atoms with E-state index in [-0.39, 0.29) is 29.3 Å². The van der Waals surface area contributed by atoms with E-state index >= 15 is 0 Å². The smallest absolute Gasteiger partial charge is 0.289 e. The van der Waals surface area contributed by atoms with E-state index in [1.54, 1.807) is 24.3 Å². The van der Waals surface area contributed by atoms with Gasteiger partial charge in [-0.1, -0.05) is 41.6 Å². The summed E-state index contributed by atoms with van der Waals surface area (Å²) in [5.41, 5.74) is 9.01. The lowest BCUT2D eigenvalue weighted by Gasteiger charge is -2.15. The van der Waals surface area contributed by atoms with Crippen molar-refractivity contribution in [1.29, 1.82) is 10.5 Å². The lowest BCUT2D eigenvalue weighted by molar-refractivity contribution is -0.410. The second kappa shape index (κ2) is 9.26. The Morgan fingerprint density at radius 3 is 2.29 bits per heavy atom. The lowest BCUT2D eigenvalue weighted by Crippen LogP contribution is -2.31. The molecule has 2 amide bonds. The maximum Gasteiger partial charge on any atom is 0.289 e. The number of nitrogens with two attached hydrogens (primary N) is 1. The number of hydrogen-bond donors (Lipinski definition) is 1. The summed E-state index contributed by atoms with van der Waals surface area (Å²) in [6, 6.07) is 18.2. The van der Waals surface area contributed by atoms with Gasteiger partial charge in [-0.2, -0.15) is 10.5 Å². The Balaban J connectivity index is 1.72. The second-order valence-corrected chi connectivity index (χ2v) is 8.87. The minimum absolute atomic E-state index is 0.0337. The highest BCUT2D eigenvalue weighted by Gasteiger charge is 2.41. The van der Waals surface area contributed by atoms with Gasteiger partial charge in [0, 0.05) is 12.0 Å². The standard InChI is InChI=1S/C25H19N5O3S/c1-14-3-5-15(6-4-14)22-18(12-26)23(28)29-24(19(22)13-27)34-20-11-21(31)30(25(20)32)16-7-9-17(33-2)10-8-16/h3-10,20H,11H2,1-2H3,(H2,28,29)/p+1/t20-/m1/s1. The molecule has 1 aliphatic heterocycles. The fourth-order valence-corrected chi connectivity index (χ4v) is 4.93. The quantitative estimate of drug-likeness (QED) is 0.566. The van der Waals surface area contributed by atoms with Gasteiger partial charge in [-0.3, -0.25) is 15.3 Å². The molecular weight excluding hydrogens is 450 g/mol. The zero-order valence-corrected chi connectivity index (χ0v) is 19.3. The SMILES string of the molecule is COc1ccc(N2C(=O)C[C@@H](Sc3[nH+]c(N)c(C#N)c(-c4ccc(C)cc4)c3C#N)C2=O)cc1. The van der Waals surface area contributed by atoms with Crippen molar-refractivity contribution in [3.05, 3.63) is 65.2 Å². The van der Waals surface area contributed by atoms with Crippen LogP contribution in [0, 0.1) is 29.6 Å². The van der Waals surface area contributed by atoms with Crippen LogP contribution in [-0.2, 0) is 9.59 Å². The number of methoxy groups -OCH3 is 1. The Morgan fingerprint density at radius 1 is 1.06 bits per heavy atom. The summed E-state index contributed by atoms with van der Waals surface area (Å²) in [4.78, 5) is 29.9. The Bertz CT molecular complexity index is 1370. The summed E-state index contributed by atoms with van der Waals surface area (Å²) in [5, 5.41) is 19.3. The number of benzene rings is 2. The average molecular weight is 471 g/mol. The summed E-state index contributed by atoms with van der Waals surface area (Å²) in [5.74, 6) is -0.0362. The van der Waals surface area contributed by atoms with Crippen LogP contribution in [0.4, 0.5) is 11.5 Å². The van der Waals surface area contributed by atoms with Crippen molar-refractivity contribution in [2.75, 3.05) is 17.7 Å². The number of aromatic nitrogens is 1. The monoisotopic (exact) mass is 470 g/mol. The molecule has 168 valence electrons.